The predicted molar refractivity (Wildman–Crippen MR) is 56.6 cm³/mol. The quantitative estimate of drug-likeness (QED) is 0.829. The molecule has 0 aliphatic rings. The molecule has 0 atom stereocenters. The van der Waals surface area contributed by atoms with Crippen molar-refractivity contribution in [2.75, 3.05) is 0 Å². The number of nitrogens with zero attached hydrogens (tertiary/aromatic N) is 2. The molecule has 0 fully saturated rings. The molecule has 0 aromatic carbocycles. The summed E-state index contributed by atoms with van der Waals surface area (Å²) < 4.78 is 1.54. The van der Waals surface area contributed by atoms with Crippen LogP contribution in [0.4, 0.5) is 0 Å². The zero-order valence-corrected chi connectivity index (χ0v) is 9.34. The Hall–Kier alpha value is -0.970. The Bertz CT molecular complexity index is 334. The zero-order valence-electron chi connectivity index (χ0n) is 8.52. The van der Waals surface area contributed by atoms with Crippen molar-refractivity contribution < 1.29 is 9.90 Å². The number of hydrogen-bond donors (Lipinski definition) is 1. The van der Waals surface area contributed by atoms with Crippen molar-refractivity contribution in [3.05, 3.63) is 17.7 Å². The largest absolute Gasteiger partial charge is 0.475 e. The summed E-state index contributed by atoms with van der Waals surface area (Å²) in [7, 11) is 1.69. The van der Waals surface area contributed by atoms with E-state index in [1.54, 1.807) is 29.6 Å². The molecule has 1 aromatic heterocycles. The van der Waals surface area contributed by atoms with E-state index in [4.69, 9.17) is 5.11 Å². The monoisotopic (exact) mass is 214 g/mol. The Morgan fingerprint density at radius 1 is 1.71 bits per heavy atom. The maximum Gasteiger partial charge on any atom is 0.372 e. The Kier molecular flexibility index (Phi) is 3.57. The van der Waals surface area contributed by atoms with Crippen LogP contribution in [0.2, 0.25) is 0 Å². The predicted octanol–water partition coefficient (Wildman–Crippen LogP) is 1.76. The van der Waals surface area contributed by atoms with Gasteiger partial charge in [-0.2, -0.15) is 11.8 Å². The summed E-state index contributed by atoms with van der Waals surface area (Å²) >= 11 is 1.75. The van der Waals surface area contributed by atoms with Gasteiger partial charge in [-0.15, -0.1) is 0 Å². The van der Waals surface area contributed by atoms with Crippen LogP contribution < -0.4 is 0 Å². The highest BCUT2D eigenvalue weighted by molar-refractivity contribution is 7.99. The maximum absolute atomic E-state index is 10.7. The van der Waals surface area contributed by atoms with Crippen LogP contribution in [0.15, 0.2) is 6.20 Å². The van der Waals surface area contributed by atoms with Crippen LogP contribution in [-0.2, 0) is 12.8 Å². The molecule has 0 saturated heterocycles. The molecule has 1 heterocycles. The molecule has 0 spiro atoms. The van der Waals surface area contributed by atoms with E-state index in [0.29, 0.717) is 5.25 Å². The molecule has 78 valence electrons. The van der Waals surface area contributed by atoms with Crippen LogP contribution in [0, 0.1) is 0 Å². The lowest BCUT2D eigenvalue weighted by molar-refractivity contribution is 0.0679. The van der Waals surface area contributed by atoms with E-state index >= 15 is 0 Å². The fourth-order valence-electron chi connectivity index (χ4n) is 1.05. The maximum atomic E-state index is 10.7. The van der Waals surface area contributed by atoms with Crippen molar-refractivity contribution in [2.24, 2.45) is 7.05 Å². The van der Waals surface area contributed by atoms with E-state index in [9.17, 15) is 4.79 Å². The van der Waals surface area contributed by atoms with Crippen molar-refractivity contribution >= 4 is 17.7 Å². The summed E-state index contributed by atoms with van der Waals surface area (Å²) in [6.07, 6.45) is 1.76. The molecular formula is C9H14N2O2S. The Balaban J connectivity index is 2.71. The molecule has 0 saturated carbocycles. The van der Waals surface area contributed by atoms with Gasteiger partial charge in [0.25, 0.3) is 0 Å². The lowest BCUT2D eigenvalue weighted by Gasteiger charge is -2.00. The number of aryl methyl sites for hydroxylation is 1. The first-order valence-corrected chi connectivity index (χ1v) is 5.42. The van der Waals surface area contributed by atoms with E-state index in [1.807, 2.05) is 0 Å². The molecule has 0 radical (unpaired) electrons. The van der Waals surface area contributed by atoms with Crippen molar-refractivity contribution in [3.63, 3.8) is 0 Å². The Morgan fingerprint density at radius 3 is 2.79 bits per heavy atom. The van der Waals surface area contributed by atoms with Crippen LogP contribution in [0.25, 0.3) is 0 Å². The highest BCUT2D eigenvalue weighted by Gasteiger charge is 2.11. The zero-order chi connectivity index (χ0) is 10.7. The molecule has 4 nitrogen and oxygen atoms in total. The first kappa shape index (κ1) is 11.1. The van der Waals surface area contributed by atoms with E-state index < -0.39 is 5.97 Å². The fraction of sp³-hybridized carbons (Fsp3) is 0.556. The second kappa shape index (κ2) is 4.50. The summed E-state index contributed by atoms with van der Waals surface area (Å²) in [5.41, 5.74) is 0.823. The van der Waals surface area contributed by atoms with Gasteiger partial charge in [0.1, 0.15) is 0 Å². The molecule has 0 bridgehead atoms. The molecule has 1 aromatic rings. The van der Waals surface area contributed by atoms with Gasteiger partial charge in [-0.1, -0.05) is 13.8 Å². The first-order valence-electron chi connectivity index (χ1n) is 4.38. The number of imidazole rings is 1. The number of carbonyl (C=O) groups is 1. The van der Waals surface area contributed by atoms with Crippen LogP contribution in [0.3, 0.4) is 0 Å². The number of rotatable bonds is 4. The lowest BCUT2D eigenvalue weighted by Crippen LogP contribution is -2.05. The highest BCUT2D eigenvalue weighted by Crippen LogP contribution is 2.16. The van der Waals surface area contributed by atoms with E-state index in [1.165, 1.54) is 0 Å². The van der Waals surface area contributed by atoms with Gasteiger partial charge in [-0.25, -0.2) is 9.78 Å². The average molecular weight is 214 g/mol. The second-order valence-corrected chi connectivity index (χ2v) is 4.90. The second-order valence-electron chi connectivity index (χ2n) is 3.33. The number of carboxylic acid groups (broad SMARTS) is 1. The van der Waals surface area contributed by atoms with Gasteiger partial charge in [-0.3, -0.25) is 0 Å². The molecule has 0 unspecified atom stereocenters. The van der Waals surface area contributed by atoms with Gasteiger partial charge >= 0.3 is 5.97 Å². The van der Waals surface area contributed by atoms with Crippen LogP contribution >= 0.6 is 11.8 Å². The number of aromatic nitrogens is 2. The smallest absolute Gasteiger partial charge is 0.372 e. The summed E-state index contributed by atoms with van der Waals surface area (Å²) in [6.45, 7) is 4.21. The molecule has 0 aliphatic carbocycles. The summed E-state index contributed by atoms with van der Waals surface area (Å²) in [5.74, 6) is -0.114. The molecule has 14 heavy (non-hydrogen) atoms. The molecule has 1 N–H and O–H groups in total. The number of thioether (sulfide) groups is 1. The van der Waals surface area contributed by atoms with Crippen LogP contribution in [0.5, 0.6) is 0 Å². The summed E-state index contributed by atoms with van der Waals surface area (Å²) in [4.78, 5) is 14.7. The number of hydrogen-bond acceptors (Lipinski definition) is 3. The summed E-state index contributed by atoms with van der Waals surface area (Å²) in [6, 6.07) is 0. The lowest BCUT2D eigenvalue weighted by atomic mass is 10.5. The minimum atomic E-state index is -0.978. The van der Waals surface area contributed by atoms with Gasteiger partial charge in [-0.05, 0) is 5.25 Å². The molecular weight excluding hydrogens is 200 g/mol. The molecule has 0 amide bonds. The highest BCUT2D eigenvalue weighted by atomic mass is 32.2. The minimum absolute atomic E-state index is 0.101. The third-order valence-electron chi connectivity index (χ3n) is 1.68. The molecule has 0 aliphatic heterocycles. The fourth-order valence-corrected chi connectivity index (χ4v) is 1.69. The summed E-state index contributed by atoms with van der Waals surface area (Å²) in [5, 5.41) is 9.30. The standard InChI is InChI=1S/C9H14N2O2S/c1-6(2)14-5-7-4-11(3)8(10-7)9(12)13/h4,6H,5H2,1-3H3,(H,12,13). The topological polar surface area (TPSA) is 55.1 Å². The number of aromatic carboxylic acids is 1. The van der Waals surface area contributed by atoms with Crippen LogP contribution in [0.1, 0.15) is 30.2 Å². The van der Waals surface area contributed by atoms with Crippen molar-refractivity contribution in [2.45, 2.75) is 24.9 Å². The van der Waals surface area contributed by atoms with Crippen molar-refractivity contribution in [1.29, 1.82) is 0 Å². The SMILES string of the molecule is CC(C)SCc1cn(C)c(C(=O)O)n1. The van der Waals surface area contributed by atoms with Gasteiger partial charge in [0.2, 0.25) is 5.82 Å². The van der Waals surface area contributed by atoms with Gasteiger partial charge in [0.15, 0.2) is 0 Å². The molecule has 1 rings (SSSR count). The van der Waals surface area contributed by atoms with Gasteiger partial charge in [0.05, 0.1) is 5.69 Å². The van der Waals surface area contributed by atoms with Crippen molar-refractivity contribution in [3.8, 4) is 0 Å². The van der Waals surface area contributed by atoms with Crippen molar-refractivity contribution in [1.82, 2.24) is 9.55 Å². The van der Waals surface area contributed by atoms with E-state index in [2.05, 4.69) is 18.8 Å². The number of carboxylic acids is 1. The third-order valence-corrected chi connectivity index (χ3v) is 2.81. The Labute approximate surface area is 87.3 Å². The van der Waals surface area contributed by atoms with Gasteiger partial charge in [0, 0.05) is 19.0 Å². The molecule has 5 heteroatoms. The minimum Gasteiger partial charge on any atom is -0.475 e. The Morgan fingerprint density at radius 2 is 2.36 bits per heavy atom. The third kappa shape index (κ3) is 2.77. The van der Waals surface area contributed by atoms with E-state index in [-0.39, 0.29) is 5.82 Å². The normalized spacial score (nSPS) is 10.9. The van der Waals surface area contributed by atoms with Crippen LogP contribution in [-0.4, -0.2) is 25.9 Å². The van der Waals surface area contributed by atoms with E-state index in [0.717, 1.165) is 11.4 Å². The van der Waals surface area contributed by atoms with Gasteiger partial charge < -0.3 is 9.67 Å². The first-order chi connectivity index (χ1) is 6.50. The average Bonchev–Trinajstić information content (AvgIpc) is 2.43.